The van der Waals surface area contributed by atoms with Gasteiger partial charge in [-0.25, -0.2) is 0 Å². The van der Waals surface area contributed by atoms with Crippen LogP contribution in [0.2, 0.25) is 0 Å². The summed E-state index contributed by atoms with van der Waals surface area (Å²) in [6, 6.07) is 8.14. The maximum Gasteiger partial charge on any atom is 0.191 e. The second-order valence-corrected chi connectivity index (χ2v) is 5.48. The smallest absolute Gasteiger partial charge is 0.191 e. The normalized spacial score (nSPS) is 10.8. The molecule has 0 fully saturated rings. The topological polar surface area (TPSA) is 60.2 Å². The number of hydrogen-bond acceptors (Lipinski definition) is 5. The first-order valence-corrected chi connectivity index (χ1v) is 7.48. The molecule has 0 aliphatic carbocycles. The molecule has 5 nitrogen and oxygen atoms in total. The summed E-state index contributed by atoms with van der Waals surface area (Å²) in [6.07, 6.45) is 2.06. The van der Waals surface area contributed by atoms with Gasteiger partial charge in [0, 0.05) is 12.8 Å². The molecule has 0 amide bonds. The van der Waals surface area contributed by atoms with Gasteiger partial charge in [-0.2, -0.15) is 0 Å². The fourth-order valence-electron chi connectivity index (χ4n) is 1.88. The van der Waals surface area contributed by atoms with E-state index < -0.39 is 0 Å². The minimum Gasteiger partial charge on any atom is -0.497 e. The van der Waals surface area contributed by atoms with Gasteiger partial charge in [-0.15, -0.1) is 10.2 Å². The van der Waals surface area contributed by atoms with E-state index >= 15 is 0 Å². The number of aromatic nitrogens is 3. The van der Waals surface area contributed by atoms with Gasteiger partial charge in [-0.3, -0.25) is 0 Å². The van der Waals surface area contributed by atoms with Crippen LogP contribution in [0.1, 0.15) is 17.8 Å². The van der Waals surface area contributed by atoms with Gasteiger partial charge in [-0.05, 0) is 30.5 Å². The SMILES string of the molecule is COc1cccc(CCCSc2nnc(CO)n2C)c1. The Kier molecular flexibility index (Phi) is 5.43. The predicted octanol–water partition coefficient (Wildman–Crippen LogP) is 2.04. The molecule has 0 saturated heterocycles. The predicted molar refractivity (Wildman–Crippen MR) is 79.0 cm³/mol. The number of rotatable bonds is 7. The summed E-state index contributed by atoms with van der Waals surface area (Å²) in [7, 11) is 3.55. The van der Waals surface area contributed by atoms with Crippen LogP contribution in [0, 0.1) is 0 Å². The Morgan fingerprint density at radius 3 is 2.90 bits per heavy atom. The third-order valence-electron chi connectivity index (χ3n) is 3.04. The standard InChI is InChI=1S/C14H19N3O2S/c1-17-13(10-18)15-16-14(17)20-8-4-6-11-5-3-7-12(9-11)19-2/h3,5,7,9,18H,4,6,8,10H2,1-2H3. The van der Waals surface area contributed by atoms with Crippen molar-refractivity contribution in [2.45, 2.75) is 24.6 Å². The number of hydrogen-bond donors (Lipinski definition) is 1. The van der Waals surface area contributed by atoms with Crippen LogP contribution in [0.3, 0.4) is 0 Å². The maximum absolute atomic E-state index is 9.06. The molecule has 0 radical (unpaired) electrons. The van der Waals surface area contributed by atoms with Crippen molar-refractivity contribution in [2.75, 3.05) is 12.9 Å². The highest BCUT2D eigenvalue weighted by molar-refractivity contribution is 7.99. The molecular weight excluding hydrogens is 274 g/mol. The maximum atomic E-state index is 9.06. The summed E-state index contributed by atoms with van der Waals surface area (Å²) in [5, 5.41) is 17.9. The van der Waals surface area contributed by atoms with Crippen LogP contribution in [-0.4, -0.2) is 32.7 Å². The lowest BCUT2D eigenvalue weighted by molar-refractivity contribution is 0.266. The van der Waals surface area contributed by atoms with E-state index in [0.29, 0.717) is 5.82 Å². The van der Waals surface area contributed by atoms with Crippen molar-refractivity contribution in [2.24, 2.45) is 7.05 Å². The Morgan fingerprint density at radius 1 is 1.35 bits per heavy atom. The van der Waals surface area contributed by atoms with Crippen LogP contribution in [0.15, 0.2) is 29.4 Å². The molecule has 0 aliphatic rings. The van der Waals surface area contributed by atoms with Gasteiger partial charge >= 0.3 is 0 Å². The van der Waals surface area contributed by atoms with E-state index in [1.807, 2.05) is 23.7 Å². The Labute approximate surface area is 123 Å². The third kappa shape index (κ3) is 3.74. The highest BCUT2D eigenvalue weighted by Crippen LogP contribution is 2.19. The van der Waals surface area contributed by atoms with Gasteiger partial charge in [0.05, 0.1) is 7.11 Å². The minimum atomic E-state index is -0.0755. The lowest BCUT2D eigenvalue weighted by atomic mass is 10.1. The molecule has 0 aliphatic heterocycles. The zero-order chi connectivity index (χ0) is 14.4. The van der Waals surface area contributed by atoms with Crippen molar-refractivity contribution < 1.29 is 9.84 Å². The number of aliphatic hydroxyl groups excluding tert-OH is 1. The number of thioether (sulfide) groups is 1. The molecule has 2 aromatic rings. The van der Waals surface area contributed by atoms with Crippen LogP contribution >= 0.6 is 11.8 Å². The molecule has 20 heavy (non-hydrogen) atoms. The van der Waals surface area contributed by atoms with E-state index in [2.05, 4.69) is 22.3 Å². The molecule has 0 saturated carbocycles. The van der Waals surface area contributed by atoms with Crippen molar-refractivity contribution in [3.63, 3.8) is 0 Å². The van der Waals surface area contributed by atoms with Gasteiger partial charge in [0.15, 0.2) is 11.0 Å². The van der Waals surface area contributed by atoms with Gasteiger partial charge in [0.2, 0.25) is 0 Å². The largest absolute Gasteiger partial charge is 0.497 e. The van der Waals surface area contributed by atoms with E-state index in [1.165, 1.54) is 5.56 Å². The number of methoxy groups -OCH3 is 1. The molecule has 0 atom stereocenters. The highest BCUT2D eigenvalue weighted by atomic mass is 32.2. The summed E-state index contributed by atoms with van der Waals surface area (Å²) in [5.74, 6) is 2.46. The van der Waals surface area contributed by atoms with E-state index in [-0.39, 0.29) is 6.61 Å². The van der Waals surface area contributed by atoms with Crippen molar-refractivity contribution in [1.82, 2.24) is 14.8 Å². The molecule has 0 bridgehead atoms. The zero-order valence-corrected chi connectivity index (χ0v) is 12.6. The summed E-state index contributed by atoms with van der Waals surface area (Å²) in [4.78, 5) is 0. The average molecular weight is 293 g/mol. The fraction of sp³-hybridized carbons (Fsp3) is 0.429. The van der Waals surface area contributed by atoms with Crippen LogP contribution in [0.5, 0.6) is 5.75 Å². The van der Waals surface area contributed by atoms with Gasteiger partial charge in [0.25, 0.3) is 0 Å². The van der Waals surface area contributed by atoms with Crippen molar-refractivity contribution in [3.05, 3.63) is 35.7 Å². The first-order chi connectivity index (χ1) is 9.74. The molecule has 0 unspecified atom stereocenters. The highest BCUT2D eigenvalue weighted by Gasteiger charge is 2.07. The Balaban J connectivity index is 1.79. The molecule has 1 aromatic heterocycles. The van der Waals surface area contributed by atoms with Gasteiger partial charge in [-0.1, -0.05) is 23.9 Å². The summed E-state index contributed by atoms with van der Waals surface area (Å²) in [5.41, 5.74) is 1.28. The lowest BCUT2D eigenvalue weighted by Gasteiger charge is -2.05. The van der Waals surface area contributed by atoms with Crippen LogP contribution in [0.4, 0.5) is 0 Å². The zero-order valence-electron chi connectivity index (χ0n) is 11.7. The number of ether oxygens (including phenoxy) is 1. The minimum absolute atomic E-state index is 0.0755. The number of nitrogens with zero attached hydrogens (tertiary/aromatic N) is 3. The van der Waals surface area contributed by atoms with E-state index in [0.717, 1.165) is 29.5 Å². The average Bonchev–Trinajstić information content (AvgIpc) is 2.84. The summed E-state index contributed by atoms with van der Waals surface area (Å²) in [6.45, 7) is -0.0755. The third-order valence-corrected chi connectivity index (χ3v) is 4.15. The molecule has 0 spiro atoms. The van der Waals surface area contributed by atoms with E-state index in [9.17, 15) is 0 Å². The van der Waals surface area contributed by atoms with Crippen LogP contribution in [-0.2, 0) is 20.1 Å². The van der Waals surface area contributed by atoms with Gasteiger partial charge in [0.1, 0.15) is 12.4 Å². The molecule has 2 rings (SSSR count). The Bertz CT molecular complexity index is 557. The second-order valence-electron chi connectivity index (χ2n) is 4.42. The lowest BCUT2D eigenvalue weighted by Crippen LogP contribution is -1.99. The first kappa shape index (κ1) is 14.9. The fourth-order valence-corrected chi connectivity index (χ4v) is 2.74. The van der Waals surface area contributed by atoms with Crippen LogP contribution in [0.25, 0.3) is 0 Å². The van der Waals surface area contributed by atoms with Crippen LogP contribution < -0.4 is 4.74 Å². The summed E-state index contributed by atoms with van der Waals surface area (Å²) >= 11 is 1.66. The second kappa shape index (κ2) is 7.31. The molecule has 1 heterocycles. The molecule has 6 heteroatoms. The summed E-state index contributed by atoms with van der Waals surface area (Å²) < 4.78 is 7.04. The molecular formula is C14H19N3O2S. The molecule has 108 valence electrons. The number of aliphatic hydroxyl groups is 1. The Hall–Kier alpha value is -1.53. The number of aryl methyl sites for hydroxylation is 1. The van der Waals surface area contributed by atoms with Crippen molar-refractivity contribution in [3.8, 4) is 5.75 Å². The molecule has 1 aromatic carbocycles. The van der Waals surface area contributed by atoms with E-state index in [4.69, 9.17) is 9.84 Å². The van der Waals surface area contributed by atoms with Crippen molar-refractivity contribution >= 4 is 11.8 Å². The quantitative estimate of drug-likeness (QED) is 0.625. The monoisotopic (exact) mass is 293 g/mol. The first-order valence-electron chi connectivity index (χ1n) is 6.49. The van der Waals surface area contributed by atoms with Crippen molar-refractivity contribution in [1.29, 1.82) is 0 Å². The van der Waals surface area contributed by atoms with Gasteiger partial charge < -0.3 is 14.4 Å². The number of benzene rings is 1. The molecule has 1 N–H and O–H groups in total. The van der Waals surface area contributed by atoms with E-state index in [1.54, 1.807) is 18.9 Å². The Morgan fingerprint density at radius 2 is 2.20 bits per heavy atom.